The SMILES string of the molecule is COc1ccc(-c2noc(=O)n2CC(=O)c2ccc(F)cc2)cc1OC. The lowest BCUT2D eigenvalue weighted by Gasteiger charge is -2.09. The molecular weight excluding hydrogens is 343 g/mol. The number of benzene rings is 2. The van der Waals surface area contributed by atoms with Gasteiger partial charge in [0, 0.05) is 11.1 Å². The maximum atomic E-state index is 13.0. The number of rotatable bonds is 6. The Kier molecular flexibility index (Phi) is 4.83. The third kappa shape index (κ3) is 3.34. The molecule has 0 bridgehead atoms. The fourth-order valence-corrected chi connectivity index (χ4v) is 2.46. The second kappa shape index (κ2) is 7.22. The Morgan fingerprint density at radius 1 is 1.12 bits per heavy atom. The number of methoxy groups -OCH3 is 2. The number of carbonyl (C=O) groups is 1. The lowest BCUT2D eigenvalue weighted by atomic mass is 10.1. The van der Waals surface area contributed by atoms with Gasteiger partial charge in [-0.3, -0.25) is 9.32 Å². The molecule has 0 N–H and O–H groups in total. The van der Waals surface area contributed by atoms with E-state index >= 15 is 0 Å². The predicted molar refractivity (Wildman–Crippen MR) is 90.0 cm³/mol. The summed E-state index contributed by atoms with van der Waals surface area (Å²) in [5, 5.41) is 3.74. The minimum Gasteiger partial charge on any atom is -0.493 e. The summed E-state index contributed by atoms with van der Waals surface area (Å²) in [5.74, 6) is -0.476. The van der Waals surface area contributed by atoms with Gasteiger partial charge in [0.2, 0.25) is 0 Å². The molecule has 0 aliphatic carbocycles. The van der Waals surface area contributed by atoms with Crippen molar-refractivity contribution in [3.05, 3.63) is 64.4 Å². The highest BCUT2D eigenvalue weighted by Gasteiger charge is 2.18. The van der Waals surface area contributed by atoms with Crippen molar-refractivity contribution in [2.45, 2.75) is 6.54 Å². The highest BCUT2D eigenvalue weighted by molar-refractivity contribution is 5.96. The summed E-state index contributed by atoms with van der Waals surface area (Å²) >= 11 is 0. The molecule has 0 fully saturated rings. The van der Waals surface area contributed by atoms with Crippen molar-refractivity contribution in [2.75, 3.05) is 14.2 Å². The average molecular weight is 358 g/mol. The van der Waals surface area contributed by atoms with E-state index in [2.05, 4.69) is 5.16 Å². The Bertz CT molecular complexity index is 992. The topological polar surface area (TPSA) is 83.6 Å². The normalized spacial score (nSPS) is 10.6. The molecular formula is C18H15FN2O5. The van der Waals surface area contributed by atoms with Crippen molar-refractivity contribution >= 4 is 5.78 Å². The van der Waals surface area contributed by atoms with Crippen LogP contribution in [0.25, 0.3) is 11.4 Å². The lowest BCUT2D eigenvalue weighted by Crippen LogP contribution is -2.21. The van der Waals surface area contributed by atoms with Gasteiger partial charge in [0.15, 0.2) is 23.1 Å². The van der Waals surface area contributed by atoms with Crippen molar-refractivity contribution in [3.63, 3.8) is 0 Å². The molecule has 0 saturated heterocycles. The Hall–Kier alpha value is -3.42. The van der Waals surface area contributed by atoms with Gasteiger partial charge in [-0.2, -0.15) is 0 Å². The molecule has 0 atom stereocenters. The molecule has 0 aliphatic heterocycles. The standard InChI is InChI=1S/C18H15FN2O5/c1-24-15-8-5-12(9-16(15)25-2)17-20-26-18(23)21(17)10-14(22)11-3-6-13(19)7-4-11/h3-9H,10H2,1-2H3. The van der Waals surface area contributed by atoms with Crippen LogP contribution in [-0.2, 0) is 6.54 Å². The lowest BCUT2D eigenvalue weighted by molar-refractivity contribution is 0.0969. The van der Waals surface area contributed by atoms with Crippen molar-refractivity contribution in [1.82, 2.24) is 9.72 Å². The number of ketones is 1. The molecule has 0 spiro atoms. The molecule has 0 radical (unpaired) electrons. The van der Waals surface area contributed by atoms with E-state index in [4.69, 9.17) is 14.0 Å². The molecule has 7 nitrogen and oxygen atoms in total. The smallest absolute Gasteiger partial charge is 0.442 e. The molecule has 8 heteroatoms. The molecule has 1 aromatic heterocycles. The zero-order chi connectivity index (χ0) is 18.7. The van der Waals surface area contributed by atoms with E-state index in [1.165, 1.54) is 38.5 Å². The van der Waals surface area contributed by atoms with Crippen LogP contribution in [0.15, 0.2) is 51.8 Å². The van der Waals surface area contributed by atoms with Gasteiger partial charge < -0.3 is 9.47 Å². The summed E-state index contributed by atoms with van der Waals surface area (Å²) in [4.78, 5) is 24.4. The third-order valence-corrected chi connectivity index (χ3v) is 3.80. The van der Waals surface area contributed by atoms with Gasteiger partial charge in [0.25, 0.3) is 0 Å². The van der Waals surface area contributed by atoms with Crippen LogP contribution in [0.3, 0.4) is 0 Å². The number of nitrogens with zero attached hydrogens (tertiary/aromatic N) is 2. The molecule has 26 heavy (non-hydrogen) atoms. The van der Waals surface area contributed by atoms with Crippen LogP contribution in [0.5, 0.6) is 11.5 Å². The first-order valence-corrected chi connectivity index (χ1v) is 7.61. The Labute approximate surface area is 147 Å². The van der Waals surface area contributed by atoms with Crippen molar-refractivity contribution in [1.29, 1.82) is 0 Å². The third-order valence-electron chi connectivity index (χ3n) is 3.80. The Morgan fingerprint density at radius 2 is 1.81 bits per heavy atom. The number of Topliss-reactive ketones (excluding diaryl/α,β-unsaturated/α-hetero) is 1. The summed E-state index contributed by atoms with van der Waals surface area (Å²) in [5.41, 5.74) is 0.790. The fraction of sp³-hybridized carbons (Fsp3) is 0.167. The fourth-order valence-electron chi connectivity index (χ4n) is 2.46. The summed E-state index contributed by atoms with van der Waals surface area (Å²) in [7, 11) is 2.99. The van der Waals surface area contributed by atoms with Crippen LogP contribution in [0.4, 0.5) is 4.39 Å². The van der Waals surface area contributed by atoms with Gasteiger partial charge in [-0.05, 0) is 42.5 Å². The first-order chi connectivity index (χ1) is 12.5. The summed E-state index contributed by atoms with van der Waals surface area (Å²) in [6.45, 7) is -0.294. The number of aromatic nitrogens is 2. The van der Waals surface area contributed by atoms with Gasteiger partial charge in [0.1, 0.15) is 5.82 Å². The minimum atomic E-state index is -0.773. The molecule has 1 heterocycles. The van der Waals surface area contributed by atoms with Crippen LogP contribution < -0.4 is 15.2 Å². The molecule has 3 aromatic rings. The van der Waals surface area contributed by atoms with Gasteiger partial charge in [0.05, 0.1) is 20.8 Å². The van der Waals surface area contributed by atoms with Crippen molar-refractivity contribution in [2.24, 2.45) is 0 Å². The second-order valence-electron chi connectivity index (χ2n) is 5.36. The second-order valence-corrected chi connectivity index (χ2v) is 5.36. The van der Waals surface area contributed by atoms with Gasteiger partial charge in [-0.1, -0.05) is 5.16 Å². The van der Waals surface area contributed by atoms with Crippen LogP contribution in [-0.4, -0.2) is 29.7 Å². The minimum absolute atomic E-state index is 0.173. The van der Waals surface area contributed by atoms with E-state index in [0.29, 0.717) is 17.1 Å². The Morgan fingerprint density at radius 3 is 2.46 bits per heavy atom. The number of hydrogen-bond donors (Lipinski definition) is 0. The molecule has 0 amide bonds. The molecule has 0 saturated carbocycles. The van der Waals surface area contributed by atoms with Gasteiger partial charge in [-0.25, -0.2) is 13.8 Å². The molecule has 3 rings (SSSR count). The van der Waals surface area contributed by atoms with E-state index in [0.717, 1.165) is 4.57 Å². The zero-order valence-electron chi connectivity index (χ0n) is 14.1. The van der Waals surface area contributed by atoms with E-state index in [1.807, 2.05) is 0 Å². The Balaban J connectivity index is 1.96. The summed E-state index contributed by atoms with van der Waals surface area (Å²) in [6.07, 6.45) is 0. The van der Waals surface area contributed by atoms with Crippen molar-refractivity contribution in [3.8, 4) is 22.9 Å². The van der Waals surface area contributed by atoms with Gasteiger partial charge in [-0.15, -0.1) is 0 Å². The maximum absolute atomic E-state index is 13.0. The van der Waals surface area contributed by atoms with Crippen LogP contribution in [0, 0.1) is 5.82 Å². The average Bonchev–Trinajstić information content (AvgIpc) is 3.02. The van der Waals surface area contributed by atoms with Crippen LogP contribution in [0.2, 0.25) is 0 Å². The summed E-state index contributed by atoms with van der Waals surface area (Å²) in [6, 6.07) is 10.0. The predicted octanol–water partition coefficient (Wildman–Crippen LogP) is 2.54. The van der Waals surface area contributed by atoms with Crippen molar-refractivity contribution < 1.29 is 23.2 Å². The summed E-state index contributed by atoms with van der Waals surface area (Å²) < 4.78 is 29.2. The van der Waals surface area contributed by atoms with Crippen LogP contribution >= 0.6 is 0 Å². The molecule has 134 valence electrons. The monoisotopic (exact) mass is 358 g/mol. The quantitative estimate of drug-likeness (QED) is 0.630. The highest BCUT2D eigenvalue weighted by atomic mass is 19.1. The number of carbonyl (C=O) groups excluding carboxylic acids is 1. The molecule has 2 aromatic carbocycles. The number of halogens is 1. The zero-order valence-corrected chi connectivity index (χ0v) is 14.1. The highest BCUT2D eigenvalue weighted by Crippen LogP contribution is 2.31. The number of ether oxygens (including phenoxy) is 2. The molecule has 0 aliphatic rings. The first-order valence-electron chi connectivity index (χ1n) is 7.61. The number of hydrogen-bond acceptors (Lipinski definition) is 6. The van der Waals surface area contributed by atoms with E-state index in [-0.39, 0.29) is 23.7 Å². The van der Waals surface area contributed by atoms with E-state index in [9.17, 15) is 14.0 Å². The van der Waals surface area contributed by atoms with Crippen LogP contribution in [0.1, 0.15) is 10.4 Å². The van der Waals surface area contributed by atoms with E-state index < -0.39 is 11.6 Å². The first kappa shape index (κ1) is 17.4. The van der Waals surface area contributed by atoms with Gasteiger partial charge >= 0.3 is 5.76 Å². The largest absolute Gasteiger partial charge is 0.493 e. The molecule has 0 unspecified atom stereocenters. The van der Waals surface area contributed by atoms with E-state index in [1.54, 1.807) is 18.2 Å². The maximum Gasteiger partial charge on any atom is 0.442 e.